The standard InChI is InChI=1S/C18H15F3N4O4/c1-10-8-13(6-7-15(10)25(28)29)16(26)24-23-11(2)12-4-3-5-14(9-12)22-17(27)18(19,20)21/h3-9H,1-2H3,(H,22,27)(H,24,26). The van der Waals surface area contributed by atoms with Crippen molar-refractivity contribution in [2.24, 2.45) is 5.10 Å². The van der Waals surface area contributed by atoms with E-state index in [2.05, 4.69) is 10.5 Å². The third-order valence-electron chi connectivity index (χ3n) is 3.78. The van der Waals surface area contributed by atoms with Gasteiger partial charge in [-0.1, -0.05) is 12.1 Å². The predicted octanol–water partition coefficient (Wildman–Crippen LogP) is 3.56. The third-order valence-corrected chi connectivity index (χ3v) is 3.78. The lowest BCUT2D eigenvalue weighted by atomic mass is 10.1. The SMILES string of the molecule is CC(=NNC(=O)c1ccc([N+](=O)[O-])c(C)c1)c1cccc(NC(=O)C(F)(F)F)c1. The lowest BCUT2D eigenvalue weighted by molar-refractivity contribution is -0.385. The lowest BCUT2D eigenvalue weighted by Gasteiger charge is -2.09. The highest BCUT2D eigenvalue weighted by Gasteiger charge is 2.38. The molecule has 0 spiro atoms. The zero-order valence-corrected chi connectivity index (χ0v) is 15.2. The molecule has 8 nitrogen and oxygen atoms in total. The average Bonchev–Trinajstić information content (AvgIpc) is 2.64. The van der Waals surface area contributed by atoms with E-state index in [1.165, 1.54) is 56.3 Å². The normalized spacial score (nSPS) is 11.7. The molecular weight excluding hydrogens is 393 g/mol. The van der Waals surface area contributed by atoms with Gasteiger partial charge in [0.15, 0.2) is 0 Å². The van der Waals surface area contributed by atoms with Gasteiger partial charge in [0, 0.05) is 22.9 Å². The molecule has 2 rings (SSSR count). The minimum atomic E-state index is -5.02. The van der Waals surface area contributed by atoms with Gasteiger partial charge in [-0.25, -0.2) is 5.43 Å². The van der Waals surface area contributed by atoms with Gasteiger partial charge >= 0.3 is 12.1 Å². The summed E-state index contributed by atoms with van der Waals surface area (Å²) in [7, 11) is 0. The maximum absolute atomic E-state index is 12.3. The summed E-state index contributed by atoms with van der Waals surface area (Å²) >= 11 is 0. The summed E-state index contributed by atoms with van der Waals surface area (Å²) in [6, 6.07) is 9.31. The van der Waals surface area contributed by atoms with E-state index in [-0.39, 0.29) is 22.6 Å². The molecule has 0 bridgehead atoms. The third kappa shape index (κ3) is 5.61. The largest absolute Gasteiger partial charge is 0.471 e. The highest BCUT2D eigenvalue weighted by Crippen LogP contribution is 2.20. The number of carbonyl (C=O) groups excluding carboxylic acids is 2. The van der Waals surface area contributed by atoms with E-state index in [4.69, 9.17) is 0 Å². The molecule has 0 atom stereocenters. The summed E-state index contributed by atoms with van der Waals surface area (Å²) in [6.45, 7) is 3.00. The highest BCUT2D eigenvalue weighted by atomic mass is 19.4. The number of carbonyl (C=O) groups is 2. The first-order valence-corrected chi connectivity index (χ1v) is 8.07. The second-order valence-electron chi connectivity index (χ2n) is 5.93. The van der Waals surface area contributed by atoms with Crippen LogP contribution >= 0.6 is 0 Å². The molecular formula is C18H15F3N4O4. The van der Waals surface area contributed by atoms with Crippen molar-refractivity contribution in [3.05, 3.63) is 69.3 Å². The number of rotatable bonds is 5. The molecule has 2 aromatic carbocycles. The highest BCUT2D eigenvalue weighted by molar-refractivity contribution is 6.02. The van der Waals surface area contributed by atoms with Crippen LogP contribution in [0.15, 0.2) is 47.6 Å². The number of hydrazone groups is 1. The summed E-state index contributed by atoms with van der Waals surface area (Å²) in [5, 5.41) is 16.4. The van der Waals surface area contributed by atoms with Crippen LogP contribution in [0.5, 0.6) is 0 Å². The van der Waals surface area contributed by atoms with Crippen LogP contribution in [0.4, 0.5) is 24.5 Å². The van der Waals surface area contributed by atoms with Crippen LogP contribution in [-0.2, 0) is 4.79 Å². The Hall–Kier alpha value is -3.76. The van der Waals surface area contributed by atoms with Crippen molar-refractivity contribution in [1.29, 1.82) is 0 Å². The summed E-state index contributed by atoms with van der Waals surface area (Å²) in [4.78, 5) is 33.4. The first-order valence-electron chi connectivity index (χ1n) is 8.07. The molecule has 0 aliphatic rings. The molecule has 0 fully saturated rings. The number of anilines is 1. The van der Waals surface area contributed by atoms with Crippen molar-refractivity contribution in [3.63, 3.8) is 0 Å². The molecule has 0 aliphatic carbocycles. The van der Waals surface area contributed by atoms with Crippen LogP contribution in [0.3, 0.4) is 0 Å². The number of amides is 2. The number of alkyl halides is 3. The van der Waals surface area contributed by atoms with Gasteiger partial charge < -0.3 is 5.32 Å². The summed E-state index contributed by atoms with van der Waals surface area (Å²) in [5.74, 6) is -2.73. The quantitative estimate of drug-likeness (QED) is 0.447. The fourth-order valence-corrected chi connectivity index (χ4v) is 2.29. The van der Waals surface area contributed by atoms with Crippen LogP contribution in [-0.4, -0.2) is 28.6 Å². The van der Waals surface area contributed by atoms with Crippen molar-refractivity contribution in [3.8, 4) is 0 Å². The molecule has 0 saturated carbocycles. The van der Waals surface area contributed by atoms with Crippen LogP contribution in [0.1, 0.15) is 28.4 Å². The van der Waals surface area contributed by atoms with Crippen molar-refractivity contribution < 1.29 is 27.7 Å². The van der Waals surface area contributed by atoms with Gasteiger partial charge in [0.05, 0.1) is 10.6 Å². The summed E-state index contributed by atoms with van der Waals surface area (Å²) in [5.41, 5.74) is 3.14. The zero-order chi connectivity index (χ0) is 21.8. The van der Waals surface area contributed by atoms with Gasteiger partial charge in [-0.15, -0.1) is 0 Å². The van der Waals surface area contributed by atoms with Gasteiger partial charge in [0.1, 0.15) is 0 Å². The molecule has 2 N–H and O–H groups in total. The van der Waals surface area contributed by atoms with E-state index in [1.807, 2.05) is 0 Å². The number of nitrogens with zero attached hydrogens (tertiary/aromatic N) is 2. The van der Waals surface area contributed by atoms with Crippen molar-refractivity contribution in [2.75, 3.05) is 5.32 Å². The van der Waals surface area contributed by atoms with Gasteiger partial charge in [0.2, 0.25) is 0 Å². The maximum atomic E-state index is 12.3. The molecule has 11 heteroatoms. The number of halogens is 3. The van der Waals surface area contributed by atoms with E-state index >= 15 is 0 Å². The Balaban J connectivity index is 2.12. The van der Waals surface area contributed by atoms with Crippen molar-refractivity contribution >= 4 is 28.9 Å². The molecule has 29 heavy (non-hydrogen) atoms. The Kier molecular flexibility index (Phi) is 6.32. The first kappa shape index (κ1) is 21.5. The zero-order valence-electron chi connectivity index (χ0n) is 15.2. The Morgan fingerprint density at radius 3 is 2.38 bits per heavy atom. The molecule has 0 unspecified atom stereocenters. The smallest absolute Gasteiger partial charge is 0.318 e. The predicted molar refractivity (Wildman–Crippen MR) is 98.6 cm³/mol. The van der Waals surface area contributed by atoms with E-state index in [9.17, 15) is 32.9 Å². The average molecular weight is 408 g/mol. The number of nitro benzene ring substituents is 1. The molecule has 2 amide bonds. The van der Waals surface area contributed by atoms with Crippen LogP contribution in [0, 0.1) is 17.0 Å². The monoisotopic (exact) mass is 408 g/mol. The summed E-state index contributed by atoms with van der Waals surface area (Å²) < 4.78 is 37.0. The number of nitro groups is 1. The first-order chi connectivity index (χ1) is 13.5. The minimum absolute atomic E-state index is 0.0864. The lowest BCUT2D eigenvalue weighted by Crippen LogP contribution is -2.29. The van der Waals surface area contributed by atoms with Crippen molar-refractivity contribution in [2.45, 2.75) is 20.0 Å². The maximum Gasteiger partial charge on any atom is 0.471 e. The van der Waals surface area contributed by atoms with Gasteiger partial charge in [-0.05, 0) is 43.7 Å². The Labute approximate surface area is 162 Å². The number of aryl methyl sites for hydroxylation is 1. The summed E-state index contributed by atoms with van der Waals surface area (Å²) in [6.07, 6.45) is -5.02. The fourth-order valence-electron chi connectivity index (χ4n) is 2.29. The van der Waals surface area contributed by atoms with Crippen LogP contribution < -0.4 is 10.7 Å². The molecule has 0 saturated heterocycles. The Morgan fingerprint density at radius 2 is 1.79 bits per heavy atom. The molecule has 0 aromatic heterocycles. The van der Waals surface area contributed by atoms with Gasteiger partial charge in [0.25, 0.3) is 11.6 Å². The molecule has 152 valence electrons. The van der Waals surface area contributed by atoms with Crippen LogP contribution in [0.25, 0.3) is 0 Å². The Bertz CT molecular complexity index is 1000. The fraction of sp³-hybridized carbons (Fsp3) is 0.167. The van der Waals surface area contributed by atoms with E-state index < -0.39 is 22.9 Å². The molecule has 0 radical (unpaired) electrons. The van der Waals surface area contributed by atoms with Crippen molar-refractivity contribution in [1.82, 2.24) is 5.43 Å². The number of benzene rings is 2. The van der Waals surface area contributed by atoms with Gasteiger partial charge in [-0.2, -0.15) is 18.3 Å². The second-order valence-corrected chi connectivity index (χ2v) is 5.93. The van der Waals surface area contributed by atoms with Crippen LogP contribution in [0.2, 0.25) is 0 Å². The number of nitrogens with one attached hydrogen (secondary N) is 2. The van der Waals surface area contributed by atoms with E-state index in [0.29, 0.717) is 11.1 Å². The van der Waals surface area contributed by atoms with E-state index in [0.717, 1.165) is 0 Å². The van der Waals surface area contributed by atoms with E-state index in [1.54, 1.807) is 5.32 Å². The second kappa shape index (κ2) is 8.50. The molecule has 0 aliphatic heterocycles. The van der Waals surface area contributed by atoms with Gasteiger partial charge in [-0.3, -0.25) is 19.7 Å². The number of hydrogen-bond acceptors (Lipinski definition) is 5. The minimum Gasteiger partial charge on any atom is -0.318 e. The topological polar surface area (TPSA) is 114 Å². The molecule has 0 heterocycles. The number of hydrogen-bond donors (Lipinski definition) is 2. The molecule has 2 aromatic rings. The Morgan fingerprint density at radius 1 is 1.10 bits per heavy atom.